The maximum absolute atomic E-state index is 6.34. The fourth-order valence-corrected chi connectivity index (χ4v) is 3.57. The number of hydrogen-bond acceptors (Lipinski definition) is 3. The van der Waals surface area contributed by atoms with Gasteiger partial charge in [-0.25, -0.2) is 0 Å². The average molecular weight is 356 g/mol. The lowest BCUT2D eigenvalue weighted by Gasteiger charge is -2.19. The number of hydrogen-bond donors (Lipinski definition) is 0. The normalized spacial score (nSPS) is 12.1. The number of anilines is 1. The molecule has 2 aliphatic rings. The lowest BCUT2D eigenvalue weighted by atomic mass is 9.91. The lowest BCUT2D eigenvalue weighted by molar-refractivity contribution is 0.619. The van der Waals surface area contributed by atoms with Crippen LogP contribution < -0.4 is 10.3 Å². The van der Waals surface area contributed by atoms with Gasteiger partial charge >= 0.3 is 0 Å². The van der Waals surface area contributed by atoms with E-state index in [1.54, 1.807) is 0 Å². The van der Waals surface area contributed by atoms with Crippen LogP contribution in [0.3, 0.4) is 0 Å². The van der Waals surface area contributed by atoms with Gasteiger partial charge in [0.25, 0.3) is 0 Å². The van der Waals surface area contributed by atoms with Crippen molar-refractivity contribution in [1.29, 1.82) is 0 Å². The van der Waals surface area contributed by atoms with Crippen molar-refractivity contribution >= 4 is 16.7 Å². The molecule has 1 heterocycles. The van der Waals surface area contributed by atoms with Gasteiger partial charge in [0.2, 0.25) is 0 Å². The minimum absolute atomic E-state index is 0.758. The van der Waals surface area contributed by atoms with Crippen LogP contribution in [0.4, 0.5) is 5.69 Å². The Kier molecular flexibility index (Phi) is 4.44. The van der Waals surface area contributed by atoms with E-state index in [2.05, 4.69) is 71.4 Å². The van der Waals surface area contributed by atoms with Crippen molar-refractivity contribution in [1.82, 2.24) is 0 Å². The maximum atomic E-state index is 6.34. The van der Waals surface area contributed by atoms with Gasteiger partial charge in [-0.05, 0) is 49.2 Å². The molecule has 0 saturated carbocycles. The van der Waals surface area contributed by atoms with Gasteiger partial charge in [0.05, 0.1) is 5.36 Å². The van der Waals surface area contributed by atoms with Crippen molar-refractivity contribution in [3.8, 4) is 22.5 Å². The summed E-state index contributed by atoms with van der Waals surface area (Å²) in [7, 11) is 4.09. The first-order valence-corrected chi connectivity index (χ1v) is 9.33. The molecule has 0 unspecified atom stereocenters. The number of aryl methyl sites for hydroxylation is 1. The second-order valence-electron chi connectivity index (χ2n) is 7.02. The first-order chi connectivity index (χ1) is 13.1. The third-order valence-electron chi connectivity index (χ3n) is 4.96. The minimum atomic E-state index is 0.758. The molecule has 3 heteroatoms. The molecule has 0 atom stereocenters. The molecule has 3 nitrogen and oxygen atoms in total. The van der Waals surface area contributed by atoms with Gasteiger partial charge in [-0.3, -0.25) is 4.99 Å². The van der Waals surface area contributed by atoms with Crippen LogP contribution in [0.5, 0.6) is 0 Å². The van der Waals surface area contributed by atoms with Crippen LogP contribution in [0, 0.1) is 6.92 Å². The molecule has 0 aromatic heterocycles. The quantitative estimate of drug-likeness (QED) is 0.454. The molecule has 0 amide bonds. The topological polar surface area (TPSA) is 28.7 Å². The van der Waals surface area contributed by atoms with E-state index >= 15 is 0 Å². The van der Waals surface area contributed by atoms with Gasteiger partial charge in [0, 0.05) is 55.0 Å². The third kappa shape index (κ3) is 3.10. The molecular weight excluding hydrogens is 332 g/mol. The van der Waals surface area contributed by atoms with E-state index < -0.39 is 0 Å². The van der Waals surface area contributed by atoms with E-state index in [9.17, 15) is 0 Å². The molecule has 1 aliphatic carbocycles. The summed E-state index contributed by atoms with van der Waals surface area (Å²) in [6.45, 7) is 4.96. The lowest BCUT2D eigenvalue weighted by Crippen LogP contribution is -2.08. The Morgan fingerprint density at radius 2 is 1.74 bits per heavy atom. The van der Waals surface area contributed by atoms with Gasteiger partial charge in [0.1, 0.15) is 11.3 Å². The highest BCUT2D eigenvalue weighted by Gasteiger charge is 2.18. The fraction of sp³-hybridized carbons (Fsp3) is 0.208. The van der Waals surface area contributed by atoms with Crippen LogP contribution in [0.1, 0.15) is 12.5 Å². The van der Waals surface area contributed by atoms with Crippen LogP contribution in [-0.4, -0.2) is 20.6 Å². The molecule has 0 radical (unpaired) electrons. The standard InChI is InChI=1S/C24H24N2O/c1-5-25-17-10-12-20-22(14-17)27-23-15-18(26(3)4)11-13-21(23)24(20)19-9-7-6-8-16(19)2/h6-15H,5H2,1-4H3. The zero-order valence-electron chi connectivity index (χ0n) is 16.3. The first kappa shape index (κ1) is 17.3. The summed E-state index contributed by atoms with van der Waals surface area (Å²) in [4.78, 5) is 6.63. The predicted octanol–water partition coefficient (Wildman–Crippen LogP) is 5.50. The molecule has 1 aliphatic heterocycles. The van der Waals surface area contributed by atoms with Crippen molar-refractivity contribution in [2.24, 2.45) is 4.99 Å². The van der Waals surface area contributed by atoms with E-state index in [1.807, 2.05) is 27.1 Å². The second kappa shape index (κ2) is 6.92. The predicted molar refractivity (Wildman–Crippen MR) is 113 cm³/mol. The zero-order chi connectivity index (χ0) is 19.0. The molecule has 0 fully saturated rings. The van der Waals surface area contributed by atoms with Crippen molar-refractivity contribution in [2.75, 3.05) is 25.5 Å². The first-order valence-electron chi connectivity index (χ1n) is 9.33. The molecule has 0 N–H and O–H groups in total. The highest BCUT2D eigenvalue weighted by Crippen LogP contribution is 2.41. The summed E-state index contributed by atoms with van der Waals surface area (Å²) >= 11 is 0. The molecule has 2 aromatic carbocycles. The molecule has 0 saturated heterocycles. The summed E-state index contributed by atoms with van der Waals surface area (Å²) in [5.41, 5.74) is 6.84. The fourth-order valence-electron chi connectivity index (χ4n) is 3.57. The highest BCUT2D eigenvalue weighted by atomic mass is 16.3. The van der Waals surface area contributed by atoms with Crippen molar-refractivity contribution < 1.29 is 4.42 Å². The second-order valence-corrected chi connectivity index (χ2v) is 7.02. The number of nitrogens with zero attached hydrogens (tertiary/aromatic N) is 2. The molecule has 27 heavy (non-hydrogen) atoms. The smallest absolute Gasteiger partial charge is 0.137 e. The molecule has 4 rings (SSSR count). The van der Waals surface area contributed by atoms with E-state index in [0.29, 0.717) is 0 Å². The van der Waals surface area contributed by atoms with Crippen LogP contribution in [0.15, 0.2) is 70.1 Å². The Labute approximate surface area is 159 Å². The van der Waals surface area contributed by atoms with Crippen LogP contribution >= 0.6 is 0 Å². The van der Waals surface area contributed by atoms with E-state index in [0.717, 1.165) is 39.9 Å². The van der Waals surface area contributed by atoms with Gasteiger partial charge in [0.15, 0.2) is 0 Å². The Morgan fingerprint density at radius 3 is 2.48 bits per heavy atom. The summed E-state index contributed by atoms with van der Waals surface area (Å²) in [6.07, 6.45) is 0. The SMILES string of the molecule is CCN=c1ccc2c(-c3ccccc3C)c3ccc(N(C)C)cc3oc-2c1. The van der Waals surface area contributed by atoms with Gasteiger partial charge < -0.3 is 9.32 Å². The zero-order valence-corrected chi connectivity index (χ0v) is 16.3. The summed E-state index contributed by atoms with van der Waals surface area (Å²) in [5, 5.41) is 2.08. The van der Waals surface area contributed by atoms with E-state index in [-0.39, 0.29) is 0 Å². The molecule has 0 spiro atoms. The number of rotatable bonds is 3. The van der Waals surface area contributed by atoms with Crippen molar-refractivity contribution in [3.05, 3.63) is 71.6 Å². The molecular formula is C24H24N2O. The Balaban J connectivity index is 2.14. The summed E-state index contributed by atoms with van der Waals surface area (Å²) < 4.78 is 6.34. The largest absolute Gasteiger partial charge is 0.456 e. The Hall–Kier alpha value is -3.07. The van der Waals surface area contributed by atoms with Crippen LogP contribution in [0.2, 0.25) is 0 Å². The van der Waals surface area contributed by atoms with E-state index in [1.165, 1.54) is 16.7 Å². The highest BCUT2D eigenvalue weighted by molar-refractivity contribution is 6.03. The Morgan fingerprint density at radius 1 is 0.926 bits per heavy atom. The average Bonchev–Trinajstić information content (AvgIpc) is 2.66. The molecule has 2 aromatic rings. The number of fused-ring (bicyclic) bond motifs is 2. The molecule has 0 bridgehead atoms. The molecule has 136 valence electrons. The summed E-state index contributed by atoms with van der Waals surface area (Å²) in [5.74, 6) is 0.867. The number of benzene rings is 3. The van der Waals surface area contributed by atoms with Crippen LogP contribution in [0.25, 0.3) is 33.4 Å². The minimum Gasteiger partial charge on any atom is -0.456 e. The third-order valence-corrected chi connectivity index (χ3v) is 4.96. The maximum Gasteiger partial charge on any atom is 0.137 e. The van der Waals surface area contributed by atoms with Gasteiger partial charge in [-0.2, -0.15) is 0 Å². The Bertz CT molecular complexity index is 1150. The summed E-state index contributed by atoms with van der Waals surface area (Å²) in [6, 6.07) is 21.2. The van der Waals surface area contributed by atoms with E-state index in [4.69, 9.17) is 4.42 Å². The van der Waals surface area contributed by atoms with Crippen molar-refractivity contribution in [2.45, 2.75) is 13.8 Å². The van der Waals surface area contributed by atoms with Gasteiger partial charge in [-0.1, -0.05) is 24.3 Å². The van der Waals surface area contributed by atoms with Crippen molar-refractivity contribution in [3.63, 3.8) is 0 Å². The monoisotopic (exact) mass is 356 g/mol. The van der Waals surface area contributed by atoms with Gasteiger partial charge in [-0.15, -0.1) is 0 Å². The van der Waals surface area contributed by atoms with Crippen LogP contribution in [-0.2, 0) is 0 Å².